The Bertz CT molecular complexity index is 1220. The van der Waals surface area contributed by atoms with Crippen LogP contribution in [0.4, 0.5) is 8.78 Å². The molecule has 1 saturated heterocycles. The van der Waals surface area contributed by atoms with Gasteiger partial charge in [0.05, 0.1) is 12.1 Å². The number of aryl methyl sites for hydroxylation is 1. The van der Waals surface area contributed by atoms with Crippen LogP contribution in [0.15, 0.2) is 52.7 Å². The Hall–Kier alpha value is -2.69. The lowest BCUT2D eigenvalue weighted by atomic mass is 10.2. The maximum atomic E-state index is 14.0. The Morgan fingerprint density at radius 2 is 1.66 bits per heavy atom. The molecule has 0 aliphatic carbocycles. The first kappa shape index (κ1) is 22.5. The summed E-state index contributed by atoms with van der Waals surface area (Å²) in [6.07, 6.45) is 0.108. The number of nitrogens with zero attached hydrogens (tertiary/aromatic N) is 3. The maximum absolute atomic E-state index is 14.0. The van der Waals surface area contributed by atoms with Crippen LogP contribution in [0.3, 0.4) is 0 Å². The second kappa shape index (κ2) is 9.05. The fourth-order valence-electron chi connectivity index (χ4n) is 3.52. The van der Waals surface area contributed by atoms with Crippen LogP contribution in [0, 0.1) is 18.6 Å². The van der Waals surface area contributed by atoms with Crippen molar-refractivity contribution in [3.8, 4) is 10.6 Å². The molecule has 2 heterocycles. The highest BCUT2D eigenvalue weighted by Crippen LogP contribution is 2.26. The molecule has 6 nitrogen and oxygen atoms in total. The minimum absolute atomic E-state index is 0.0342. The molecule has 1 aliphatic heterocycles. The molecule has 1 fully saturated rings. The summed E-state index contributed by atoms with van der Waals surface area (Å²) in [5.74, 6) is -2.42. The van der Waals surface area contributed by atoms with Gasteiger partial charge in [0.1, 0.15) is 16.6 Å². The monoisotopic (exact) mass is 477 g/mol. The molecule has 1 aromatic heterocycles. The zero-order valence-corrected chi connectivity index (χ0v) is 18.9. The number of rotatable bonds is 5. The molecule has 32 heavy (non-hydrogen) atoms. The molecule has 0 N–H and O–H groups in total. The lowest BCUT2D eigenvalue weighted by molar-refractivity contribution is -0.131. The summed E-state index contributed by atoms with van der Waals surface area (Å²) in [4.78, 5) is 17.8. The molecule has 0 bridgehead atoms. The number of thiazole rings is 1. The summed E-state index contributed by atoms with van der Waals surface area (Å²) in [6.45, 7) is 2.22. The van der Waals surface area contributed by atoms with E-state index in [1.165, 1.54) is 11.3 Å². The quantitative estimate of drug-likeness (QED) is 0.564. The van der Waals surface area contributed by atoms with E-state index in [-0.39, 0.29) is 38.5 Å². The van der Waals surface area contributed by atoms with Gasteiger partial charge in [-0.1, -0.05) is 35.9 Å². The number of hydrogen-bond donors (Lipinski definition) is 0. The van der Waals surface area contributed by atoms with Crippen LogP contribution in [0.25, 0.3) is 10.6 Å². The SMILES string of the molecule is Cc1ccc(-c2nc(CC(=O)N3CCN(S(=O)(=O)c4c(F)cccc4F)CC3)cs2)cc1. The van der Waals surface area contributed by atoms with Crippen molar-refractivity contribution in [1.82, 2.24) is 14.2 Å². The van der Waals surface area contributed by atoms with Crippen molar-refractivity contribution in [2.75, 3.05) is 26.2 Å². The molecule has 1 amide bonds. The Labute approximate surface area is 189 Å². The van der Waals surface area contributed by atoms with Gasteiger partial charge in [-0.25, -0.2) is 22.2 Å². The van der Waals surface area contributed by atoms with E-state index in [2.05, 4.69) is 4.98 Å². The first-order valence-electron chi connectivity index (χ1n) is 9.99. The maximum Gasteiger partial charge on any atom is 0.249 e. The number of halogens is 2. The van der Waals surface area contributed by atoms with Gasteiger partial charge in [-0.15, -0.1) is 11.3 Å². The van der Waals surface area contributed by atoms with Crippen LogP contribution in [0.1, 0.15) is 11.3 Å². The highest BCUT2D eigenvalue weighted by atomic mass is 32.2. The average Bonchev–Trinajstić information content (AvgIpc) is 3.22. The summed E-state index contributed by atoms with van der Waals surface area (Å²) < 4.78 is 54.3. The van der Waals surface area contributed by atoms with Gasteiger partial charge in [0.2, 0.25) is 15.9 Å². The first-order chi connectivity index (χ1) is 15.3. The van der Waals surface area contributed by atoms with Crippen molar-refractivity contribution in [1.29, 1.82) is 0 Å². The van der Waals surface area contributed by atoms with Crippen molar-refractivity contribution < 1.29 is 22.0 Å². The van der Waals surface area contributed by atoms with Crippen molar-refractivity contribution in [2.24, 2.45) is 0 Å². The predicted octanol–water partition coefficient (Wildman–Crippen LogP) is 3.47. The molecule has 0 saturated carbocycles. The van der Waals surface area contributed by atoms with E-state index < -0.39 is 26.6 Å². The molecule has 0 spiro atoms. The van der Waals surface area contributed by atoms with Gasteiger partial charge in [0.25, 0.3) is 0 Å². The highest BCUT2D eigenvalue weighted by molar-refractivity contribution is 7.89. The number of aromatic nitrogens is 1. The van der Waals surface area contributed by atoms with Gasteiger partial charge in [-0.3, -0.25) is 4.79 Å². The molecule has 0 atom stereocenters. The number of sulfonamides is 1. The van der Waals surface area contributed by atoms with Crippen molar-refractivity contribution >= 4 is 27.3 Å². The average molecular weight is 478 g/mol. The largest absolute Gasteiger partial charge is 0.340 e. The third-order valence-corrected chi connectivity index (χ3v) is 8.18. The second-order valence-electron chi connectivity index (χ2n) is 7.52. The predicted molar refractivity (Wildman–Crippen MR) is 118 cm³/mol. The lowest BCUT2D eigenvalue weighted by Crippen LogP contribution is -2.51. The van der Waals surface area contributed by atoms with Gasteiger partial charge in [-0.2, -0.15) is 4.31 Å². The van der Waals surface area contributed by atoms with Gasteiger partial charge in [0.15, 0.2) is 4.90 Å². The number of benzene rings is 2. The number of carbonyl (C=O) groups is 1. The number of carbonyl (C=O) groups excluding carboxylic acids is 1. The van der Waals surface area contributed by atoms with Crippen LogP contribution in [-0.4, -0.2) is 54.7 Å². The van der Waals surface area contributed by atoms with E-state index in [0.717, 1.165) is 38.6 Å². The molecule has 0 radical (unpaired) electrons. The van der Waals surface area contributed by atoms with Crippen LogP contribution in [0.2, 0.25) is 0 Å². The minimum atomic E-state index is -4.33. The Morgan fingerprint density at radius 1 is 1.03 bits per heavy atom. The molecule has 4 rings (SSSR count). The van der Waals surface area contributed by atoms with Crippen LogP contribution in [-0.2, 0) is 21.2 Å². The Morgan fingerprint density at radius 3 is 2.28 bits per heavy atom. The van der Waals surface area contributed by atoms with E-state index in [1.54, 1.807) is 4.90 Å². The van der Waals surface area contributed by atoms with E-state index in [0.29, 0.717) is 5.69 Å². The van der Waals surface area contributed by atoms with Gasteiger partial charge >= 0.3 is 0 Å². The summed E-state index contributed by atoms with van der Waals surface area (Å²) in [6, 6.07) is 10.9. The fourth-order valence-corrected chi connectivity index (χ4v) is 5.88. The van der Waals surface area contributed by atoms with E-state index in [9.17, 15) is 22.0 Å². The van der Waals surface area contributed by atoms with E-state index in [1.807, 2.05) is 36.6 Å². The second-order valence-corrected chi connectivity index (χ2v) is 10.3. The van der Waals surface area contributed by atoms with Crippen LogP contribution < -0.4 is 0 Å². The lowest BCUT2D eigenvalue weighted by Gasteiger charge is -2.34. The molecular formula is C22H21F2N3O3S2. The standard InChI is InChI=1S/C22H21F2N3O3S2/c1-15-5-7-16(8-6-15)22-25-17(14-31-22)13-20(28)26-9-11-27(12-10-26)32(29,30)21-18(23)3-2-4-19(21)24/h2-8,14H,9-13H2,1H3. The Kier molecular flexibility index (Phi) is 6.36. The molecule has 168 valence electrons. The van der Waals surface area contributed by atoms with E-state index in [4.69, 9.17) is 0 Å². The van der Waals surface area contributed by atoms with Crippen molar-refractivity contribution in [3.05, 3.63) is 70.7 Å². The third-order valence-electron chi connectivity index (χ3n) is 5.29. The molecule has 10 heteroatoms. The number of hydrogen-bond acceptors (Lipinski definition) is 5. The van der Waals surface area contributed by atoms with Gasteiger partial charge in [-0.05, 0) is 19.1 Å². The number of amides is 1. The minimum Gasteiger partial charge on any atom is -0.340 e. The van der Waals surface area contributed by atoms with Crippen LogP contribution in [0.5, 0.6) is 0 Å². The fraction of sp³-hybridized carbons (Fsp3) is 0.273. The zero-order valence-electron chi connectivity index (χ0n) is 17.3. The summed E-state index contributed by atoms with van der Waals surface area (Å²) in [5, 5.41) is 2.67. The van der Waals surface area contributed by atoms with Crippen molar-refractivity contribution in [3.63, 3.8) is 0 Å². The van der Waals surface area contributed by atoms with E-state index >= 15 is 0 Å². The summed E-state index contributed by atoms with van der Waals surface area (Å²) >= 11 is 1.46. The number of piperazine rings is 1. The topological polar surface area (TPSA) is 70.6 Å². The normalized spacial score (nSPS) is 15.2. The van der Waals surface area contributed by atoms with Crippen molar-refractivity contribution in [2.45, 2.75) is 18.2 Å². The molecule has 1 aliphatic rings. The third kappa shape index (κ3) is 4.57. The Balaban J connectivity index is 1.38. The zero-order chi connectivity index (χ0) is 22.9. The van der Waals surface area contributed by atoms with Crippen LogP contribution >= 0.6 is 11.3 Å². The molecule has 3 aromatic rings. The molecular weight excluding hydrogens is 456 g/mol. The molecule has 0 unspecified atom stereocenters. The molecule has 2 aromatic carbocycles. The smallest absolute Gasteiger partial charge is 0.249 e. The highest BCUT2D eigenvalue weighted by Gasteiger charge is 2.34. The van der Waals surface area contributed by atoms with Gasteiger partial charge in [0, 0.05) is 37.1 Å². The summed E-state index contributed by atoms with van der Waals surface area (Å²) in [5.41, 5.74) is 2.79. The van der Waals surface area contributed by atoms with Gasteiger partial charge < -0.3 is 4.90 Å². The summed E-state index contributed by atoms with van der Waals surface area (Å²) in [7, 11) is -4.33. The first-order valence-corrected chi connectivity index (χ1v) is 12.3.